The maximum atomic E-state index is 13.6. The molecule has 14 heteroatoms. The Kier molecular flexibility index (Phi) is 10.2. The van der Waals surface area contributed by atoms with Gasteiger partial charge in [-0.05, 0) is 42.7 Å². The van der Waals surface area contributed by atoms with Crippen molar-refractivity contribution >= 4 is 16.8 Å². The highest BCUT2D eigenvalue weighted by Crippen LogP contribution is 2.37. The molecule has 1 atom stereocenters. The summed E-state index contributed by atoms with van der Waals surface area (Å²) in [6.07, 6.45) is -3.76. The van der Waals surface area contributed by atoms with Gasteiger partial charge in [-0.15, -0.1) is 0 Å². The van der Waals surface area contributed by atoms with Crippen LogP contribution in [0.2, 0.25) is 0 Å². The SMILES string of the molecule is O=C(c1cc(C(F)(F)F)cc(C(F)(F)F)c1)N1CCN(C=CNOCCCN2CCOCC2)C[C@H]1Cc1c[nH]c2ccccc12. The molecular formula is C31H35F6N5O3. The van der Waals surface area contributed by atoms with Crippen LogP contribution in [0.15, 0.2) is 61.1 Å². The van der Waals surface area contributed by atoms with Gasteiger partial charge in [0.1, 0.15) is 0 Å². The third kappa shape index (κ3) is 8.50. The molecule has 2 saturated heterocycles. The van der Waals surface area contributed by atoms with E-state index in [1.807, 2.05) is 29.2 Å². The average molecular weight is 640 g/mol. The number of benzene rings is 2. The lowest BCUT2D eigenvalue weighted by Gasteiger charge is -2.41. The number of nitrogens with one attached hydrogen (secondary N) is 2. The molecular weight excluding hydrogens is 604 g/mol. The van der Waals surface area contributed by atoms with E-state index in [9.17, 15) is 31.1 Å². The fraction of sp³-hybridized carbons (Fsp3) is 0.452. The predicted molar refractivity (Wildman–Crippen MR) is 155 cm³/mol. The summed E-state index contributed by atoms with van der Waals surface area (Å²) in [4.78, 5) is 27.9. The zero-order valence-corrected chi connectivity index (χ0v) is 24.5. The van der Waals surface area contributed by atoms with E-state index in [0.717, 1.165) is 55.7 Å². The maximum Gasteiger partial charge on any atom is 0.416 e. The number of halogens is 6. The first-order valence-corrected chi connectivity index (χ1v) is 14.7. The molecule has 2 fully saturated rings. The van der Waals surface area contributed by atoms with Gasteiger partial charge < -0.3 is 19.5 Å². The minimum Gasteiger partial charge on any atom is -0.379 e. The van der Waals surface area contributed by atoms with E-state index in [1.165, 1.54) is 4.90 Å². The first kappa shape index (κ1) is 32.6. The van der Waals surface area contributed by atoms with Crippen molar-refractivity contribution in [1.82, 2.24) is 25.2 Å². The second-order valence-corrected chi connectivity index (χ2v) is 11.1. The van der Waals surface area contributed by atoms with Crippen LogP contribution in [0.1, 0.15) is 33.5 Å². The number of rotatable bonds is 10. The van der Waals surface area contributed by atoms with E-state index in [4.69, 9.17) is 9.57 Å². The third-order valence-electron chi connectivity index (χ3n) is 8.00. The Morgan fingerprint density at radius 3 is 2.42 bits per heavy atom. The molecule has 0 bridgehead atoms. The highest BCUT2D eigenvalue weighted by Gasteiger charge is 2.39. The minimum absolute atomic E-state index is 0.0284. The van der Waals surface area contributed by atoms with Gasteiger partial charge in [0.25, 0.3) is 5.91 Å². The summed E-state index contributed by atoms with van der Waals surface area (Å²) < 4.78 is 86.6. The van der Waals surface area contributed by atoms with E-state index in [0.29, 0.717) is 38.2 Å². The summed E-state index contributed by atoms with van der Waals surface area (Å²) in [5.41, 5.74) is 0.844. The topological polar surface area (TPSA) is 73.1 Å². The standard InChI is InChI=1S/C31H35F6N5O3/c32-30(33,34)24-16-22(17-25(19-24)31(35,36)37)29(43)42-10-9-41(8-6-39-45-13-3-7-40-11-14-44-15-12-40)21-26(42)18-23-20-38-28-5-2-1-4-27(23)28/h1-2,4-6,8,16-17,19-20,26,38-39H,3,7,9-15,18,21H2/t26-/m1/s1. The summed E-state index contributed by atoms with van der Waals surface area (Å²) in [5, 5.41) is 0.920. The quantitative estimate of drug-likeness (QED) is 0.179. The number of hydroxylamine groups is 1. The minimum atomic E-state index is -5.05. The molecule has 0 aliphatic carbocycles. The lowest BCUT2D eigenvalue weighted by molar-refractivity contribution is -0.143. The second-order valence-electron chi connectivity index (χ2n) is 11.1. The number of aromatic amines is 1. The fourth-order valence-electron chi connectivity index (χ4n) is 5.68. The number of alkyl halides is 6. The lowest BCUT2D eigenvalue weighted by Crippen LogP contribution is -2.54. The number of aromatic nitrogens is 1. The molecule has 5 rings (SSSR count). The molecule has 0 radical (unpaired) electrons. The van der Waals surface area contributed by atoms with Crippen molar-refractivity contribution in [2.24, 2.45) is 0 Å². The Balaban J connectivity index is 1.29. The molecule has 2 N–H and O–H groups in total. The number of carbonyl (C=O) groups excluding carboxylic acids is 1. The van der Waals surface area contributed by atoms with Crippen LogP contribution in [-0.4, -0.2) is 90.7 Å². The molecule has 3 aromatic rings. The van der Waals surface area contributed by atoms with E-state index in [-0.39, 0.29) is 12.6 Å². The van der Waals surface area contributed by atoms with Crippen molar-refractivity contribution in [2.75, 3.05) is 59.1 Å². The van der Waals surface area contributed by atoms with Gasteiger partial charge in [0.05, 0.1) is 37.0 Å². The molecule has 0 saturated carbocycles. The normalized spacial score (nSPS) is 18.7. The van der Waals surface area contributed by atoms with Crippen molar-refractivity contribution in [3.8, 4) is 0 Å². The van der Waals surface area contributed by atoms with Gasteiger partial charge in [-0.25, -0.2) is 0 Å². The second kappa shape index (κ2) is 14.1. The first-order chi connectivity index (χ1) is 21.5. The van der Waals surface area contributed by atoms with Crippen LogP contribution >= 0.6 is 0 Å². The van der Waals surface area contributed by atoms with E-state index < -0.39 is 41.0 Å². The van der Waals surface area contributed by atoms with Gasteiger partial charge in [0, 0.05) is 74.3 Å². The van der Waals surface area contributed by atoms with Crippen LogP contribution in [0.4, 0.5) is 26.3 Å². The monoisotopic (exact) mass is 639 g/mol. The van der Waals surface area contributed by atoms with Crippen molar-refractivity contribution in [3.05, 3.63) is 83.3 Å². The molecule has 8 nitrogen and oxygen atoms in total. The average Bonchev–Trinajstić information content (AvgIpc) is 3.42. The largest absolute Gasteiger partial charge is 0.416 e. The van der Waals surface area contributed by atoms with Gasteiger partial charge in [-0.1, -0.05) is 18.2 Å². The van der Waals surface area contributed by atoms with Crippen LogP contribution in [-0.2, 0) is 28.3 Å². The van der Waals surface area contributed by atoms with Crippen LogP contribution in [0.25, 0.3) is 10.9 Å². The molecule has 3 heterocycles. The Bertz CT molecular complexity index is 1440. The Morgan fingerprint density at radius 2 is 1.71 bits per heavy atom. The van der Waals surface area contributed by atoms with E-state index in [2.05, 4.69) is 15.4 Å². The summed E-state index contributed by atoms with van der Waals surface area (Å²) in [7, 11) is 0. The van der Waals surface area contributed by atoms with Gasteiger partial charge in [0.15, 0.2) is 0 Å². The van der Waals surface area contributed by atoms with E-state index in [1.54, 1.807) is 18.6 Å². The zero-order chi connectivity index (χ0) is 32.0. The molecule has 244 valence electrons. The molecule has 1 aromatic heterocycles. The smallest absolute Gasteiger partial charge is 0.379 e. The predicted octanol–water partition coefficient (Wildman–Crippen LogP) is 5.29. The van der Waals surface area contributed by atoms with Crippen molar-refractivity contribution in [3.63, 3.8) is 0 Å². The highest BCUT2D eigenvalue weighted by molar-refractivity contribution is 5.95. The number of amides is 1. The third-order valence-corrected chi connectivity index (χ3v) is 8.00. The van der Waals surface area contributed by atoms with Crippen molar-refractivity contribution < 1.29 is 40.7 Å². The Hall–Kier alpha value is -3.75. The summed E-state index contributed by atoms with van der Waals surface area (Å²) in [5.74, 6) is -0.887. The molecule has 2 aliphatic rings. The number of nitrogens with zero attached hydrogens (tertiary/aromatic N) is 3. The van der Waals surface area contributed by atoms with Gasteiger partial charge in [0.2, 0.25) is 0 Å². The zero-order valence-electron chi connectivity index (χ0n) is 24.5. The fourth-order valence-corrected chi connectivity index (χ4v) is 5.68. The number of para-hydroxylation sites is 1. The van der Waals surface area contributed by atoms with Crippen LogP contribution in [0, 0.1) is 0 Å². The number of hydrogen-bond acceptors (Lipinski definition) is 6. The molecule has 0 spiro atoms. The van der Waals surface area contributed by atoms with Crippen LogP contribution < -0.4 is 5.48 Å². The summed E-state index contributed by atoms with van der Waals surface area (Å²) in [6, 6.07) is 8.01. The Labute approximate surface area is 256 Å². The van der Waals surface area contributed by atoms with Crippen molar-refractivity contribution in [1.29, 1.82) is 0 Å². The highest BCUT2D eigenvalue weighted by atomic mass is 19.4. The van der Waals surface area contributed by atoms with Gasteiger partial charge >= 0.3 is 12.4 Å². The number of H-pyrrole nitrogens is 1. The number of fused-ring (bicyclic) bond motifs is 1. The van der Waals surface area contributed by atoms with Gasteiger partial charge in [-0.3, -0.25) is 20.0 Å². The summed E-state index contributed by atoms with van der Waals surface area (Å²) in [6.45, 7) is 5.36. The van der Waals surface area contributed by atoms with Crippen molar-refractivity contribution in [2.45, 2.75) is 31.2 Å². The lowest BCUT2D eigenvalue weighted by atomic mass is 9.99. The number of hydrogen-bond donors (Lipinski definition) is 2. The van der Waals surface area contributed by atoms with Crippen LogP contribution in [0.3, 0.4) is 0 Å². The summed E-state index contributed by atoms with van der Waals surface area (Å²) >= 11 is 0. The number of carbonyl (C=O) groups is 1. The number of piperazine rings is 1. The molecule has 0 unspecified atom stereocenters. The van der Waals surface area contributed by atoms with Gasteiger partial charge in [-0.2, -0.15) is 26.3 Å². The first-order valence-electron chi connectivity index (χ1n) is 14.7. The van der Waals surface area contributed by atoms with E-state index >= 15 is 0 Å². The number of ether oxygens (including phenoxy) is 1. The molecule has 2 aliphatic heterocycles. The maximum absolute atomic E-state index is 13.6. The number of morpholine rings is 1. The van der Waals surface area contributed by atoms with Crippen LogP contribution in [0.5, 0.6) is 0 Å². The Morgan fingerprint density at radius 1 is 1.00 bits per heavy atom. The molecule has 1 amide bonds. The molecule has 45 heavy (non-hydrogen) atoms. The molecule has 2 aromatic carbocycles.